The molecule has 0 unspecified atom stereocenters. The lowest BCUT2D eigenvalue weighted by molar-refractivity contribution is 0.660. The summed E-state index contributed by atoms with van der Waals surface area (Å²) in [5, 5.41) is 5.05. The SMILES string of the molecule is CC1(C)c2cc(-c3ccc(/C=C/c4ccc(-c5ccc6c(c5)c5ccccc5n6-c5ccc6c(c5)C(C)(C)c5ccccc5-6)cc4)cc3)ccc2-c2ccc(-c3ccc4c(c3)C(C)(C)c3cc(-c5ccc(/C=C/c6ccc(-c7ccc8c(c7)c7ccccc7n8-c7ccc8c(c7)C(C)(C)c7ccccc7-8)cc6)cc5)ccc3-4)cc21. The van der Waals surface area contributed by atoms with Crippen LogP contribution >= 0.6 is 0 Å². The van der Waals surface area contributed by atoms with Gasteiger partial charge in [-0.2, -0.15) is 0 Å². The van der Waals surface area contributed by atoms with E-state index in [1.165, 1.54) is 222 Å². The summed E-state index contributed by atoms with van der Waals surface area (Å²) in [4.78, 5) is 0. The first-order valence-electron chi connectivity index (χ1n) is 40.4. The predicted molar refractivity (Wildman–Crippen MR) is 483 cm³/mol. The molecule has 2 aromatic heterocycles. The van der Waals surface area contributed by atoms with E-state index in [0.29, 0.717) is 0 Å². The maximum Gasteiger partial charge on any atom is 0.0541 e. The maximum atomic E-state index is 2.47. The molecular weight excluding hydrogens is 1370 g/mol. The zero-order chi connectivity index (χ0) is 76.7. The Balaban J connectivity index is 0.455. The zero-order valence-electron chi connectivity index (χ0n) is 65.5. The van der Waals surface area contributed by atoms with Crippen LogP contribution in [0.3, 0.4) is 0 Å². The molecule has 2 heterocycles. The first kappa shape index (κ1) is 67.5. The van der Waals surface area contributed by atoms with Crippen molar-refractivity contribution < 1.29 is 0 Å². The predicted octanol–water partition coefficient (Wildman–Crippen LogP) is 29.8. The van der Waals surface area contributed by atoms with Crippen molar-refractivity contribution in [2.45, 2.75) is 77.0 Å². The number of fused-ring (bicyclic) bond motifs is 18. The van der Waals surface area contributed by atoms with Gasteiger partial charge in [0.05, 0.1) is 22.1 Å². The van der Waals surface area contributed by atoms with E-state index in [2.05, 4.69) is 429 Å². The molecule has 22 rings (SSSR count). The molecule has 0 aliphatic heterocycles. The summed E-state index contributed by atoms with van der Waals surface area (Å²) >= 11 is 0. The third-order valence-corrected chi connectivity index (χ3v) is 26.6. The fourth-order valence-corrected chi connectivity index (χ4v) is 20.2. The van der Waals surface area contributed by atoms with Crippen molar-refractivity contribution in [2.24, 2.45) is 0 Å². The van der Waals surface area contributed by atoms with Crippen molar-refractivity contribution in [1.82, 2.24) is 9.13 Å². The lowest BCUT2D eigenvalue weighted by atomic mass is 9.79. The van der Waals surface area contributed by atoms with Gasteiger partial charge in [0.25, 0.3) is 0 Å². The second kappa shape index (κ2) is 25.1. The van der Waals surface area contributed by atoms with Gasteiger partial charge in [-0.1, -0.05) is 334 Å². The molecule has 0 bridgehead atoms. The molecule has 2 heteroatoms. The highest BCUT2D eigenvalue weighted by molar-refractivity contribution is 6.12. The Hall–Kier alpha value is -13.4. The highest BCUT2D eigenvalue weighted by Gasteiger charge is 2.40. The van der Waals surface area contributed by atoms with Crippen LogP contribution in [0, 0.1) is 0 Å². The van der Waals surface area contributed by atoms with Gasteiger partial charge < -0.3 is 9.13 Å². The lowest BCUT2D eigenvalue weighted by Gasteiger charge is -2.24. The molecule has 0 saturated carbocycles. The summed E-state index contributed by atoms with van der Waals surface area (Å²) in [7, 11) is 0. The molecule has 0 amide bonds. The Morgan fingerprint density at radius 1 is 0.175 bits per heavy atom. The Morgan fingerprint density at radius 3 is 0.737 bits per heavy atom. The van der Waals surface area contributed by atoms with Crippen LogP contribution in [0.25, 0.3) is 179 Å². The van der Waals surface area contributed by atoms with E-state index < -0.39 is 0 Å². The standard InChI is InChI=1S/C112H84N2/c1-109(2)97-21-13-9-17-85(97)91-57-51-83(67-103(91)109)113-105-23-15-11-19-93(105)95-61-77(49-59-107(95)113)73-37-29-69(30-38-73)25-27-71-33-41-75(42-34-71)79-45-53-87-89-55-47-81(65-101(89)111(5,6)99(87)63-79)82-48-56-90-88-54-46-80(64-100(88)112(7,8)102(90)66-82)76-43-35-72(36-44-76)28-26-70-31-39-74(40-32-70)78-50-60-108-96(62-78)94-20-12-16-24-106(94)114(108)84-52-58-92-86-18-10-14-22-98(86)110(3,4)104(92)68-84/h9-68H,1-8H3/b27-25+,28-26+. The normalized spacial score (nSPS) is 14.7. The minimum absolute atomic E-state index is 0.0688. The molecule has 114 heavy (non-hydrogen) atoms. The average molecular weight is 1460 g/mol. The van der Waals surface area contributed by atoms with Crippen LogP contribution in [0.15, 0.2) is 340 Å². The average Bonchev–Trinajstić information content (AvgIpc) is 1.57. The molecule has 0 radical (unpaired) electrons. The van der Waals surface area contributed by atoms with Gasteiger partial charge in [-0.15, -0.1) is 0 Å². The molecule has 0 N–H and O–H groups in total. The Labute approximate surface area is 667 Å². The quantitative estimate of drug-likeness (QED) is 0.114. The van der Waals surface area contributed by atoms with Crippen molar-refractivity contribution >= 4 is 67.9 Å². The third kappa shape index (κ3) is 10.4. The van der Waals surface area contributed by atoms with Crippen molar-refractivity contribution in [3.63, 3.8) is 0 Å². The summed E-state index contributed by atoms with van der Waals surface area (Å²) in [6, 6.07) is 128. The maximum absolute atomic E-state index is 2.47. The molecule has 2 nitrogen and oxygen atoms in total. The fraction of sp³-hybridized carbons (Fsp3) is 0.107. The topological polar surface area (TPSA) is 9.86 Å². The summed E-state index contributed by atoms with van der Waals surface area (Å²) in [5.74, 6) is 0. The first-order chi connectivity index (χ1) is 55.5. The van der Waals surface area contributed by atoms with Gasteiger partial charge in [0.15, 0.2) is 0 Å². The van der Waals surface area contributed by atoms with Gasteiger partial charge in [-0.3, -0.25) is 0 Å². The van der Waals surface area contributed by atoms with Crippen molar-refractivity contribution in [3.05, 3.63) is 406 Å². The minimum atomic E-state index is -0.178. The highest BCUT2D eigenvalue weighted by atomic mass is 15.0. The van der Waals surface area contributed by atoms with E-state index >= 15 is 0 Å². The van der Waals surface area contributed by atoms with Gasteiger partial charge >= 0.3 is 0 Å². The van der Waals surface area contributed by atoms with Crippen LogP contribution in [-0.4, -0.2) is 9.13 Å². The molecule has 542 valence electrons. The molecule has 18 aromatic rings. The second-order valence-corrected chi connectivity index (χ2v) is 34.4. The van der Waals surface area contributed by atoms with Crippen LogP contribution in [-0.2, 0) is 21.7 Å². The number of aromatic nitrogens is 2. The number of hydrogen-bond donors (Lipinski definition) is 0. The Kier molecular flexibility index (Phi) is 14.8. The molecule has 4 aliphatic rings. The van der Waals surface area contributed by atoms with E-state index in [4.69, 9.17) is 0 Å². The van der Waals surface area contributed by atoms with Crippen molar-refractivity contribution in [3.8, 4) is 112 Å². The van der Waals surface area contributed by atoms with Crippen molar-refractivity contribution in [2.75, 3.05) is 0 Å². The van der Waals surface area contributed by atoms with Crippen LogP contribution in [0.5, 0.6) is 0 Å². The van der Waals surface area contributed by atoms with Gasteiger partial charge in [0.1, 0.15) is 0 Å². The van der Waals surface area contributed by atoms with Gasteiger partial charge in [-0.25, -0.2) is 0 Å². The third-order valence-electron chi connectivity index (χ3n) is 26.6. The van der Waals surface area contributed by atoms with Crippen LogP contribution in [0.2, 0.25) is 0 Å². The van der Waals surface area contributed by atoms with Gasteiger partial charge in [0.2, 0.25) is 0 Å². The fourth-order valence-electron chi connectivity index (χ4n) is 20.2. The van der Waals surface area contributed by atoms with Gasteiger partial charge in [-0.05, 0) is 252 Å². The number of benzene rings is 16. The summed E-state index contributed by atoms with van der Waals surface area (Å²) in [5.41, 5.74) is 45.5. The highest BCUT2D eigenvalue weighted by Crippen LogP contribution is 2.56. The molecule has 16 aromatic carbocycles. The zero-order valence-corrected chi connectivity index (χ0v) is 65.5. The van der Waals surface area contributed by atoms with E-state index in [1.54, 1.807) is 0 Å². The molecular formula is C112H84N2. The first-order valence-corrected chi connectivity index (χ1v) is 40.4. The minimum Gasteiger partial charge on any atom is -0.309 e. The molecule has 0 saturated heterocycles. The molecule has 0 fully saturated rings. The summed E-state index contributed by atoms with van der Waals surface area (Å²) in [6.45, 7) is 19.1. The molecule has 4 aliphatic carbocycles. The van der Waals surface area contributed by atoms with Crippen LogP contribution < -0.4 is 0 Å². The van der Waals surface area contributed by atoms with E-state index in [9.17, 15) is 0 Å². The van der Waals surface area contributed by atoms with Gasteiger partial charge in [0, 0.05) is 54.6 Å². The van der Waals surface area contributed by atoms with Crippen LogP contribution in [0.1, 0.15) is 122 Å². The number of rotatable bonds is 11. The smallest absolute Gasteiger partial charge is 0.0541 e. The number of nitrogens with zero attached hydrogens (tertiary/aromatic N) is 2. The van der Waals surface area contributed by atoms with Crippen molar-refractivity contribution in [1.29, 1.82) is 0 Å². The Morgan fingerprint density at radius 2 is 0.404 bits per heavy atom. The largest absolute Gasteiger partial charge is 0.309 e. The monoisotopic (exact) mass is 1460 g/mol. The summed E-state index contributed by atoms with van der Waals surface area (Å²) < 4.78 is 4.90. The lowest BCUT2D eigenvalue weighted by Crippen LogP contribution is -2.15. The second-order valence-electron chi connectivity index (χ2n) is 34.4. The Bertz CT molecular complexity index is 6720. The van der Waals surface area contributed by atoms with E-state index in [-0.39, 0.29) is 21.7 Å². The molecule has 0 spiro atoms. The van der Waals surface area contributed by atoms with E-state index in [1.807, 2.05) is 0 Å². The summed E-state index contributed by atoms with van der Waals surface area (Å²) in [6.07, 6.45) is 8.91. The number of para-hydroxylation sites is 2. The molecule has 0 atom stereocenters. The number of hydrogen-bond acceptors (Lipinski definition) is 0. The van der Waals surface area contributed by atoms with E-state index in [0.717, 1.165) is 0 Å². The van der Waals surface area contributed by atoms with Crippen LogP contribution in [0.4, 0.5) is 0 Å².